The zero-order chi connectivity index (χ0) is 9.97. The molecule has 2 nitrogen and oxygen atoms in total. The highest BCUT2D eigenvalue weighted by Crippen LogP contribution is 2.44. The summed E-state index contributed by atoms with van der Waals surface area (Å²) < 4.78 is 5.71. The van der Waals surface area contributed by atoms with Gasteiger partial charge in [-0.25, -0.2) is 0 Å². The molecule has 2 heteroatoms. The van der Waals surface area contributed by atoms with Crippen molar-refractivity contribution in [1.82, 2.24) is 0 Å². The molecule has 0 amide bonds. The Bertz CT molecular complexity index is 212. The Balaban J connectivity index is 2.04. The van der Waals surface area contributed by atoms with Gasteiger partial charge < -0.3 is 9.84 Å². The van der Waals surface area contributed by atoms with Crippen LogP contribution in [0.25, 0.3) is 0 Å². The zero-order valence-electron chi connectivity index (χ0n) is 8.86. The van der Waals surface area contributed by atoms with Crippen LogP contribution in [0.2, 0.25) is 0 Å². The van der Waals surface area contributed by atoms with Crippen molar-refractivity contribution < 1.29 is 9.84 Å². The van der Waals surface area contributed by atoms with Gasteiger partial charge in [0, 0.05) is 19.1 Å². The number of aliphatic hydroxyl groups is 1. The molecule has 1 saturated carbocycles. The summed E-state index contributed by atoms with van der Waals surface area (Å²) in [6, 6.07) is 0. The molecule has 0 heterocycles. The van der Waals surface area contributed by atoms with Crippen LogP contribution in [0.5, 0.6) is 0 Å². The third-order valence-electron chi connectivity index (χ3n) is 3.77. The smallest absolute Gasteiger partial charge is 0.0630 e. The minimum Gasteiger partial charge on any atom is -0.396 e. The summed E-state index contributed by atoms with van der Waals surface area (Å²) in [4.78, 5) is 0. The Morgan fingerprint density at radius 1 is 1.36 bits per heavy atom. The SMILES string of the molecule is CCO[C@H]1C[C@H]2CC=CC[C@@H]2[C@H]1CO. The van der Waals surface area contributed by atoms with Crippen LogP contribution < -0.4 is 0 Å². The van der Waals surface area contributed by atoms with E-state index in [0.29, 0.717) is 24.5 Å². The molecular weight excluding hydrogens is 176 g/mol. The number of aliphatic hydroxyl groups excluding tert-OH is 1. The molecule has 14 heavy (non-hydrogen) atoms. The van der Waals surface area contributed by atoms with Crippen molar-refractivity contribution in [3.05, 3.63) is 12.2 Å². The van der Waals surface area contributed by atoms with Gasteiger partial charge in [0.05, 0.1) is 6.10 Å². The first-order chi connectivity index (χ1) is 6.86. The zero-order valence-corrected chi connectivity index (χ0v) is 8.86. The molecule has 80 valence electrons. The van der Waals surface area contributed by atoms with Crippen molar-refractivity contribution in [2.75, 3.05) is 13.2 Å². The van der Waals surface area contributed by atoms with Crippen LogP contribution in [0, 0.1) is 17.8 Å². The molecule has 0 spiro atoms. The van der Waals surface area contributed by atoms with Crippen molar-refractivity contribution in [1.29, 1.82) is 0 Å². The van der Waals surface area contributed by atoms with E-state index in [2.05, 4.69) is 12.2 Å². The van der Waals surface area contributed by atoms with Crippen LogP contribution in [-0.4, -0.2) is 24.4 Å². The van der Waals surface area contributed by atoms with E-state index in [-0.39, 0.29) is 0 Å². The van der Waals surface area contributed by atoms with Gasteiger partial charge in [0.15, 0.2) is 0 Å². The van der Waals surface area contributed by atoms with Gasteiger partial charge >= 0.3 is 0 Å². The van der Waals surface area contributed by atoms with Gasteiger partial charge in [-0.05, 0) is 38.0 Å². The summed E-state index contributed by atoms with van der Waals surface area (Å²) in [5.41, 5.74) is 0. The minimum absolute atomic E-state index is 0.291. The lowest BCUT2D eigenvalue weighted by Gasteiger charge is -2.25. The summed E-state index contributed by atoms with van der Waals surface area (Å²) in [5, 5.41) is 9.40. The van der Waals surface area contributed by atoms with Crippen LogP contribution >= 0.6 is 0 Å². The molecule has 0 aromatic heterocycles. The monoisotopic (exact) mass is 196 g/mol. The summed E-state index contributed by atoms with van der Waals surface area (Å²) >= 11 is 0. The third-order valence-corrected chi connectivity index (χ3v) is 3.77. The number of hydrogen-bond acceptors (Lipinski definition) is 2. The molecule has 4 atom stereocenters. The topological polar surface area (TPSA) is 29.5 Å². The Morgan fingerprint density at radius 2 is 2.14 bits per heavy atom. The molecule has 0 saturated heterocycles. The van der Waals surface area contributed by atoms with E-state index in [9.17, 15) is 5.11 Å². The minimum atomic E-state index is 0.291. The number of fused-ring (bicyclic) bond motifs is 1. The predicted octanol–water partition coefficient (Wildman–Crippen LogP) is 1.99. The lowest BCUT2D eigenvalue weighted by Crippen LogP contribution is -2.26. The van der Waals surface area contributed by atoms with Crippen LogP contribution in [0.15, 0.2) is 12.2 Å². The maximum absolute atomic E-state index is 9.40. The van der Waals surface area contributed by atoms with Gasteiger partial charge in [0.2, 0.25) is 0 Å². The molecule has 0 aromatic rings. The first-order valence-corrected chi connectivity index (χ1v) is 5.74. The molecule has 2 aliphatic carbocycles. The van der Waals surface area contributed by atoms with E-state index in [1.807, 2.05) is 6.92 Å². The predicted molar refractivity (Wildman–Crippen MR) is 56.0 cm³/mol. The second kappa shape index (κ2) is 4.45. The fourth-order valence-corrected chi connectivity index (χ4v) is 3.09. The van der Waals surface area contributed by atoms with Crippen LogP contribution in [-0.2, 0) is 4.74 Å². The van der Waals surface area contributed by atoms with E-state index in [1.165, 1.54) is 6.42 Å². The molecule has 0 unspecified atom stereocenters. The molecule has 0 bridgehead atoms. The van der Waals surface area contributed by atoms with Crippen molar-refractivity contribution in [3.8, 4) is 0 Å². The van der Waals surface area contributed by atoms with E-state index >= 15 is 0 Å². The molecule has 2 rings (SSSR count). The molecule has 2 aliphatic rings. The van der Waals surface area contributed by atoms with E-state index in [4.69, 9.17) is 4.74 Å². The Hall–Kier alpha value is -0.340. The highest BCUT2D eigenvalue weighted by atomic mass is 16.5. The largest absolute Gasteiger partial charge is 0.396 e. The summed E-state index contributed by atoms with van der Waals surface area (Å²) in [7, 11) is 0. The quantitative estimate of drug-likeness (QED) is 0.699. The van der Waals surface area contributed by atoms with E-state index in [1.54, 1.807) is 0 Å². The van der Waals surface area contributed by atoms with Gasteiger partial charge in [-0.2, -0.15) is 0 Å². The van der Waals surface area contributed by atoms with Gasteiger partial charge in [-0.3, -0.25) is 0 Å². The molecular formula is C12H20O2. The van der Waals surface area contributed by atoms with Crippen LogP contribution in [0.4, 0.5) is 0 Å². The van der Waals surface area contributed by atoms with Crippen molar-refractivity contribution in [3.63, 3.8) is 0 Å². The lowest BCUT2D eigenvalue weighted by atomic mass is 9.82. The van der Waals surface area contributed by atoms with Crippen LogP contribution in [0.1, 0.15) is 26.2 Å². The Labute approximate surface area is 86.0 Å². The highest BCUT2D eigenvalue weighted by Gasteiger charge is 2.42. The number of ether oxygens (including phenoxy) is 1. The summed E-state index contributed by atoms with van der Waals surface area (Å²) in [6.45, 7) is 3.10. The van der Waals surface area contributed by atoms with E-state index < -0.39 is 0 Å². The Kier molecular flexibility index (Phi) is 3.24. The first-order valence-electron chi connectivity index (χ1n) is 5.74. The highest BCUT2D eigenvalue weighted by molar-refractivity contribution is 5.02. The third kappa shape index (κ3) is 1.73. The van der Waals surface area contributed by atoms with Gasteiger partial charge in [0.1, 0.15) is 0 Å². The van der Waals surface area contributed by atoms with Crippen molar-refractivity contribution >= 4 is 0 Å². The number of rotatable bonds is 3. The molecule has 0 radical (unpaired) electrons. The molecule has 0 aliphatic heterocycles. The maximum Gasteiger partial charge on any atom is 0.0630 e. The summed E-state index contributed by atoms with van der Waals surface area (Å²) in [5.74, 6) is 1.81. The fourth-order valence-electron chi connectivity index (χ4n) is 3.09. The normalized spacial score (nSPS) is 41.3. The maximum atomic E-state index is 9.40. The average Bonchev–Trinajstić information content (AvgIpc) is 2.55. The second-order valence-electron chi connectivity index (χ2n) is 4.44. The second-order valence-corrected chi connectivity index (χ2v) is 4.44. The number of hydrogen-bond donors (Lipinski definition) is 1. The van der Waals surface area contributed by atoms with Crippen LogP contribution in [0.3, 0.4) is 0 Å². The molecule has 1 fully saturated rings. The standard InChI is InChI=1S/C12H20O2/c1-2-14-12-7-9-5-3-4-6-10(9)11(12)8-13/h3-4,9-13H,2,5-8H2,1H3/t9-,10+,11-,12+/m1/s1. The van der Waals surface area contributed by atoms with Gasteiger partial charge in [-0.1, -0.05) is 12.2 Å². The van der Waals surface area contributed by atoms with E-state index in [0.717, 1.165) is 25.4 Å². The fraction of sp³-hybridized carbons (Fsp3) is 0.833. The molecule has 0 aromatic carbocycles. The van der Waals surface area contributed by atoms with Crippen molar-refractivity contribution in [2.45, 2.75) is 32.3 Å². The van der Waals surface area contributed by atoms with Gasteiger partial charge in [0.25, 0.3) is 0 Å². The summed E-state index contributed by atoms with van der Waals surface area (Å²) in [6.07, 6.45) is 8.32. The lowest BCUT2D eigenvalue weighted by molar-refractivity contribution is 0.00735. The van der Waals surface area contributed by atoms with Crippen molar-refractivity contribution in [2.24, 2.45) is 17.8 Å². The number of allylic oxidation sites excluding steroid dienone is 2. The molecule has 1 N–H and O–H groups in total. The average molecular weight is 196 g/mol. The van der Waals surface area contributed by atoms with Gasteiger partial charge in [-0.15, -0.1) is 0 Å². The Morgan fingerprint density at radius 3 is 2.86 bits per heavy atom. The first kappa shape index (κ1) is 10.2.